The molecule has 2 amide bonds. The van der Waals surface area contributed by atoms with Crippen molar-refractivity contribution in [2.45, 2.75) is 18.6 Å². The van der Waals surface area contributed by atoms with E-state index in [9.17, 15) is 9.59 Å². The molecule has 0 saturated carbocycles. The fourth-order valence-corrected chi connectivity index (χ4v) is 4.09. The van der Waals surface area contributed by atoms with Crippen LogP contribution in [0.1, 0.15) is 6.92 Å². The van der Waals surface area contributed by atoms with Gasteiger partial charge in [-0.15, -0.1) is 0 Å². The molecule has 0 unspecified atom stereocenters. The molecular formula is C15H11Cl2NO3. The van der Waals surface area contributed by atoms with E-state index < -0.39 is 17.4 Å². The second-order valence-corrected chi connectivity index (χ2v) is 6.64. The van der Waals surface area contributed by atoms with Crippen molar-refractivity contribution in [3.8, 4) is 0 Å². The summed E-state index contributed by atoms with van der Waals surface area (Å²) >= 11 is 11.9. The molecule has 1 aromatic rings. The number of benzene rings is 1. The maximum Gasteiger partial charge on any atom is 0.241 e. The molecule has 21 heavy (non-hydrogen) atoms. The Hall–Kier alpha value is -1.36. The highest BCUT2D eigenvalue weighted by Crippen LogP contribution is 2.52. The van der Waals surface area contributed by atoms with Gasteiger partial charge in [0.2, 0.25) is 11.8 Å². The first-order valence-corrected chi connectivity index (χ1v) is 7.37. The maximum atomic E-state index is 12.7. The van der Waals surface area contributed by atoms with E-state index in [4.69, 9.17) is 27.9 Å². The first-order valence-electron chi connectivity index (χ1n) is 6.62. The first-order chi connectivity index (χ1) is 9.90. The SMILES string of the molecule is C[C@@]12C=C[C@@H](O1)[C@H]1C(=O)N(c3cc(Cl)cc(Cl)c3)C(=O)[C@@H]12. The third kappa shape index (κ3) is 1.67. The molecule has 0 spiro atoms. The standard InChI is InChI=1S/C15H11Cl2NO3/c1-15-3-2-10(21-15)11-12(15)14(20)18(13(11)19)9-5-7(16)4-8(17)6-9/h2-6,10-12H,1H3/t10-,11-,12-,15+/m1/s1. The van der Waals surface area contributed by atoms with Gasteiger partial charge in [-0.2, -0.15) is 0 Å². The topological polar surface area (TPSA) is 46.6 Å². The van der Waals surface area contributed by atoms with E-state index in [2.05, 4.69) is 0 Å². The molecule has 4 rings (SSSR count). The number of hydrogen-bond donors (Lipinski definition) is 0. The number of amides is 2. The van der Waals surface area contributed by atoms with Gasteiger partial charge in [-0.25, -0.2) is 4.90 Å². The maximum absolute atomic E-state index is 12.7. The van der Waals surface area contributed by atoms with Crippen molar-refractivity contribution in [3.05, 3.63) is 40.4 Å². The Morgan fingerprint density at radius 1 is 1.14 bits per heavy atom. The summed E-state index contributed by atoms with van der Waals surface area (Å²) in [6.45, 7) is 1.84. The van der Waals surface area contributed by atoms with E-state index in [1.165, 1.54) is 4.90 Å². The Bertz CT molecular complexity index is 697. The van der Waals surface area contributed by atoms with Crippen LogP contribution in [0.15, 0.2) is 30.4 Å². The predicted molar refractivity (Wildman–Crippen MR) is 78.4 cm³/mol. The summed E-state index contributed by atoms with van der Waals surface area (Å²) in [7, 11) is 0. The van der Waals surface area contributed by atoms with Crippen LogP contribution in [0.5, 0.6) is 0 Å². The van der Waals surface area contributed by atoms with E-state index in [0.29, 0.717) is 15.7 Å². The lowest BCUT2D eigenvalue weighted by Crippen LogP contribution is -2.38. The monoisotopic (exact) mass is 323 g/mol. The largest absolute Gasteiger partial charge is 0.362 e. The van der Waals surface area contributed by atoms with Crippen LogP contribution in [-0.2, 0) is 14.3 Å². The van der Waals surface area contributed by atoms with Crippen molar-refractivity contribution < 1.29 is 14.3 Å². The Labute approximate surface area is 131 Å². The first kappa shape index (κ1) is 13.3. The van der Waals surface area contributed by atoms with E-state index in [-0.39, 0.29) is 17.9 Å². The molecule has 3 aliphatic heterocycles. The lowest BCUT2D eigenvalue weighted by atomic mass is 9.78. The minimum atomic E-state index is -0.695. The van der Waals surface area contributed by atoms with Crippen LogP contribution in [0, 0.1) is 11.8 Å². The molecule has 4 nitrogen and oxygen atoms in total. The Morgan fingerprint density at radius 2 is 1.81 bits per heavy atom. The van der Waals surface area contributed by atoms with Gasteiger partial charge in [0.05, 0.1) is 29.2 Å². The summed E-state index contributed by atoms with van der Waals surface area (Å²) in [6, 6.07) is 4.71. The fourth-order valence-electron chi connectivity index (χ4n) is 3.58. The van der Waals surface area contributed by atoms with Crippen LogP contribution in [-0.4, -0.2) is 23.5 Å². The van der Waals surface area contributed by atoms with Crippen LogP contribution in [0.4, 0.5) is 5.69 Å². The number of halogens is 2. The highest BCUT2D eigenvalue weighted by molar-refractivity contribution is 6.35. The molecule has 3 aliphatic rings. The van der Waals surface area contributed by atoms with Crippen LogP contribution >= 0.6 is 23.2 Å². The number of rotatable bonds is 1. The zero-order chi connectivity index (χ0) is 14.9. The summed E-state index contributed by atoms with van der Waals surface area (Å²) in [6.07, 6.45) is 3.41. The van der Waals surface area contributed by atoms with Crippen molar-refractivity contribution in [2.75, 3.05) is 4.90 Å². The van der Waals surface area contributed by atoms with Gasteiger partial charge < -0.3 is 4.74 Å². The van der Waals surface area contributed by atoms with E-state index in [1.54, 1.807) is 18.2 Å². The molecule has 0 aromatic heterocycles. The lowest BCUT2D eigenvalue weighted by molar-refractivity contribution is -0.126. The van der Waals surface area contributed by atoms with Crippen LogP contribution in [0.25, 0.3) is 0 Å². The predicted octanol–water partition coefficient (Wildman–Crippen LogP) is 2.83. The number of carbonyl (C=O) groups is 2. The quantitative estimate of drug-likeness (QED) is 0.589. The van der Waals surface area contributed by atoms with Crippen LogP contribution in [0.2, 0.25) is 10.0 Å². The van der Waals surface area contributed by atoms with Crippen LogP contribution < -0.4 is 4.90 Å². The smallest absolute Gasteiger partial charge is 0.241 e. The van der Waals surface area contributed by atoms with Gasteiger partial charge in [0.1, 0.15) is 0 Å². The third-order valence-electron chi connectivity index (χ3n) is 4.43. The summed E-state index contributed by atoms with van der Waals surface area (Å²) < 4.78 is 5.77. The van der Waals surface area contributed by atoms with Gasteiger partial charge in [0.15, 0.2) is 0 Å². The van der Waals surface area contributed by atoms with Gasteiger partial charge in [-0.1, -0.05) is 35.4 Å². The van der Waals surface area contributed by atoms with Crippen molar-refractivity contribution in [1.82, 2.24) is 0 Å². The summed E-state index contributed by atoms with van der Waals surface area (Å²) in [5.41, 5.74) is -0.279. The van der Waals surface area contributed by atoms with E-state index in [1.807, 2.05) is 19.1 Å². The molecule has 2 fully saturated rings. The van der Waals surface area contributed by atoms with Gasteiger partial charge >= 0.3 is 0 Å². The van der Waals surface area contributed by atoms with E-state index in [0.717, 1.165) is 0 Å². The fraction of sp³-hybridized carbons (Fsp3) is 0.333. The average Bonchev–Trinajstić information content (AvgIpc) is 2.98. The molecule has 0 N–H and O–H groups in total. The molecule has 108 valence electrons. The lowest BCUT2D eigenvalue weighted by Gasteiger charge is -2.24. The average molecular weight is 324 g/mol. The Balaban J connectivity index is 1.80. The zero-order valence-electron chi connectivity index (χ0n) is 11.0. The van der Waals surface area contributed by atoms with Gasteiger partial charge in [0, 0.05) is 10.0 Å². The van der Waals surface area contributed by atoms with Crippen molar-refractivity contribution in [2.24, 2.45) is 11.8 Å². The molecule has 2 saturated heterocycles. The summed E-state index contributed by atoms with van der Waals surface area (Å²) in [5, 5.41) is 0.775. The molecule has 0 radical (unpaired) electrons. The summed E-state index contributed by atoms with van der Waals surface area (Å²) in [5.74, 6) is -1.43. The Morgan fingerprint density at radius 3 is 2.43 bits per heavy atom. The van der Waals surface area contributed by atoms with Crippen molar-refractivity contribution in [1.29, 1.82) is 0 Å². The number of ether oxygens (including phenoxy) is 1. The third-order valence-corrected chi connectivity index (χ3v) is 4.87. The number of anilines is 1. The van der Waals surface area contributed by atoms with E-state index >= 15 is 0 Å². The molecule has 6 heteroatoms. The molecule has 4 atom stereocenters. The minimum absolute atomic E-state index is 0.249. The minimum Gasteiger partial charge on any atom is -0.362 e. The highest BCUT2D eigenvalue weighted by Gasteiger charge is 2.66. The molecule has 3 heterocycles. The van der Waals surface area contributed by atoms with Gasteiger partial charge in [0.25, 0.3) is 0 Å². The Kier molecular flexibility index (Phi) is 2.60. The van der Waals surface area contributed by atoms with Crippen LogP contribution in [0.3, 0.4) is 0 Å². The molecule has 0 aliphatic carbocycles. The molecule has 2 bridgehead atoms. The second kappa shape index (κ2) is 4.09. The highest BCUT2D eigenvalue weighted by atomic mass is 35.5. The molecular weight excluding hydrogens is 313 g/mol. The number of fused-ring (bicyclic) bond motifs is 5. The number of hydrogen-bond acceptors (Lipinski definition) is 3. The van der Waals surface area contributed by atoms with Gasteiger partial charge in [-0.3, -0.25) is 9.59 Å². The zero-order valence-corrected chi connectivity index (χ0v) is 12.6. The van der Waals surface area contributed by atoms with Crippen molar-refractivity contribution in [3.63, 3.8) is 0 Å². The summed E-state index contributed by atoms with van der Waals surface area (Å²) in [4.78, 5) is 26.6. The number of nitrogens with zero attached hydrogens (tertiary/aromatic N) is 1. The number of imide groups is 1. The van der Waals surface area contributed by atoms with Crippen molar-refractivity contribution >= 4 is 40.7 Å². The normalized spacial score (nSPS) is 36.7. The second-order valence-electron chi connectivity index (χ2n) is 5.77. The number of carbonyl (C=O) groups excluding carboxylic acids is 2. The van der Waals surface area contributed by atoms with Gasteiger partial charge in [-0.05, 0) is 25.1 Å². The molecule has 1 aromatic carbocycles.